The van der Waals surface area contributed by atoms with Gasteiger partial charge in [-0.05, 0) is 58.1 Å². The van der Waals surface area contributed by atoms with Crippen LogP contribution in [0.25, 0.3) is 10.9 Å². The molecule has 8 heteroatoms. The Balaban J connectivity index is 1.46. The number of fused-ring (bicyclic) bond motifs is 1. The van der Waals surface area contributed by atoms with Gasteiger partial charge in [0.25, 0.3) is 5.56 Å². The minimum Gasteiger partial charge on any atom is -0.322 e. The Kier molecular flexibility index (Phi) is 6.70. The molecule has 176 valence electrons. The SMILES string of the molecule is Cc1ccc2[nH]c(=O)c(CN(Cc3ccccc3Cl)Cc3nnnn3Cc3ccccc3)cc2c1. The number of nitrogens with one attached hydrogen (secondary N) is 1. The molecule has 2 aromatic heterocycles. The molecule has 3 aromatic carbocycles. The molecule has 7 nitrogen and oxygen atoms in total. The average Bonchev–Trinajstić information content (AvgIpc) is 3.28. The fraction of sp³-hybridized carbons (Fsp3) is 0.185. The molecule has 0 unspecified atom stereocenters. The number of tetrazole rings is 1. The largest absolute Gasteiger partial charge is 0.322 e. The lowest BCUT2D eigenvalue weighted by Gasteiger charge is -2.22. The highest BCUT2D eigenvalue weighted by molar-refractivity contribution is 6.31. The van der Waals surface area contributed by atoms with Gasteiger partial charge in [-0.15, -0.1) is 5.10 Å². The molecule has 0 saturated carbocycles. The second-order valence-electron chi connectivity index (χ2n) is 8.69. The van der Waals surface area contributed by atoms with Crippen LogP contribution in [0.1, 0.15) is 28.1 Å². The van der Waals surface area contributed by atoms with Gasteiger partial charge in [-0.25, -0.2) is 4.68 Å². The predicted octanol–water partition coefficient (Wildman–Crippen LogP) is 4.73. The van der Waals surface area contributed by atoms with Gasteiger partial charge in [0.2, 0.25) is 0 Å². The van der Waals surface area contributed by atoms with Crippen molar-refractivity contribution in [2.75, 3.05) is 0 Å². The fourth-order valence-electron chi connectivity index (χ4n) is 4.18. The van der Waals surface area contributed by atoms with E-state index in [4.69, 9.17) is 11.6 Å². The van der Waals surface area contributed by atoms with Crippen LogP contribution in [0.4, 0.5) is 0 Å². The Morgan fingerprint density at radius 3 is 2.51 bits per heavy atom. The van der Waals surface area contributed by atoms with E-state index in [2.05, 4.69) is 31.5 Å². The molecule has 0 spiro atoms. The first-order valence-electron chi connectivity index (χ1n) is 11.4. The van der Waals surface area contributed by atoms with Gasteiger partial charge in [0.15, 0.2) is 5.82 Å². The summed E-state index contributed by atoms with van der Waals surface area (Å²) in [5.74, 6) is 0.717. The molecule has 0 bridgehead atoms. The zero-order valence-corrected chi connectivity index (χ0v) is 20.1. The summed E-state index contributed by atoms with van der Waals surface area (Å²) < 4.78 is 1.79. The Bertz CT molecular complexity index is 1510. The highest BCUT2D eigenvalue weighted by Gasteiger charge is 2.17. The molecule has 0 aliphatic carbocycles. The van der Waals surface area contributed by atoms with Crippen LogP contribution in [0.2, 0.25) is 5.02 Å². The maximum Gasteiger partial charge on any atom is 0.252 e. The van der Waals surface area contributed by atoms with E-state index in [0.717, 1.165) is 27.6 Å². The highest BCUT2D eigenvalue weighted by Crippen LogP contribution is 2.20. The molecular weight excluding hydrogens is 460 g/mol. The summed E-state index contributed by atoms with van der Waals surface area (Å²) >= 11 is 6.48. The average molecular weight is 485 g/mol. The summed E-state index contributed by atoms with van der Waals surface area (Å²) in [6.45, 7) is 4.03. The Labute approximate surface area is 208 Å². The fourth-order valence-corrected chi connectivity index (χ4v) is 4.38. The van der Waals surface area contributed by atoms with E-state index >= 15 is 0 Å². The zero-order chi connectivity index (χ0) is 24.2. The first-order chi connectivity index (χ1) is 17.0. The first kappa shape index (κ1) is 23.0. The van der Waals surface area contributed by atoms with Gasteiger partial charge < -0.3 is 4.98 Å². The lowest BCUT2D eigenvalue weighted by Crippen LogP contribution is -2.28. The molecule has 2 heterocycles. The summed E-state index contributed by atoms with van der Waals surface area (Å²) in [6.07, 6.45) is 0. The minimum absolute atomic E-state index is 0.102. The molecule has 0 saturated heterocycles. The molecule has 0 amide bonds. The van der Waals surface area contributed by atoms with Gasteiger partial charge in [0, 0.05) is 29.2 Å². The third-order valence-electron chi connectivity index (χ3n) is 5.97. The van der Waals surface area contributed by atoms with Crippen molar-refractivity contribution < 1.29 is 0 Å². The van der Waals surface area contributed by atoms with Crippen LogP contribution in [0.15, 0.2) is 83.7 Å². The summed E-state index contributed by atoms with van der Waals surface area (Å²) in [6, 6.07) is 25.8. The number of nitrogens with zero attached hydrogens (tertiary/aromatic N) is 5. The van der Waals surface area contributed by atoms with Crippen LogP contribution < -0.4 is 5.56 Å². The van der Waals surface area contributed by atoms with Crippen molar-refractivity contribution in [2.24, 2.45) is 0 Å². The van der Waals surface area contributed by atoms with Gasteiger partial charge in [0.1, 0.15) is 0 Å². The Morgan fingerprint density at radius 1 is 0.914 bits per heavy atom. The summed E-state index contributed by atoms with van der Waals surface area (Å²) in [5.41, 5.74) is 4.63. The molecular formula is C27H25ClN6O. The van der Waals surface area contributed by atoms with E-state index < -0.39 is 0 Å². The van der Waals surface area contributed by atoms with Crippen LogP contribution in [0.3, 0.4) is 0 Å². The number of hydrogen-bond donors (Lipinski definition) is 1. The van der Waals surface area contributed by atoms with Crippen molar-refractivity contribution in [1.82, 2.24) is 30.1 Å². The molecule has 0 atom stereocenters. The van der Waals surface area contributed by atoms with Gasteiger partial charge >= 0.3 is 0 Å². The molecule has 0 radical (unpaired) electrons. The number of aryl methyl sites for hydroxylation is 1. The van der Waals surface area contributed by atoms with E-state index in [-0.39, 0.29) is 5.56 Å². The molecule has 5 rings (SSSR count). The van der Waals surface area contributed by atoms with Crippen molar-refractivity contribution in [3.63, 3.8) is 0 Å². The number of benzene rings is 3. The smallest absolute Gasteiger partial charge is 0.252 e. The molecule has 0 aliphatic heterocycles. The topological polar surface area (TPSA) is 79.7 Å². The maximum atomic E-state index is 12.9. The van der Waals surface area contributed by atoms with Crippen molar-refractivity contribution >= 4 is 22.5 Å². The number of H-pyrrole nitrogens is 1. The van der Waals surface area contributed by atoms with E-state index in [9.17, 15) is 4.79 Å². The molecule has 35 heavy (non-hydrogen) atoms. The van der Waals surface area contributed by atoms with Crippen LogP contribution >= 0.6 is 11.6 Å². The van der Waals surface area contributed by atoms with Crippen molar-refractivity contribution in [1.29, 1.82) is 0 Å². The number of hydrogen-bond acceptors (Lipinski definition) is 5. The second-order valence-corrected chi connectivity index (χ2v) is 9.10. The molecule has 1 N–H and O–H groups in total. The maximum absolute atomic E-state index is 12.9. The predicted molar refractivity (Wildman–Crippen MR) is 137 cm³/mol. The van der Waals surface area contributed by atoms with Crippen molar-refractivity contribution in [3.8, 4) is 0 Å². The number of aromatic nitrogens is 5. The van der Waals surface area contributed by atoms with Crippen molar-refractivity contribution in [2.45, 2.75) is 33.1 Å². The number of halogens is 1. The Morgan fingerprint density at radius 2 is 1.69 bits per heavy atom. The van der Waals surface area contributed by atoms with Crippen LogP contribution in [-0.2, 0) is 26.2 Å². The van der Waals surface area contributed by atoms with E-state index in [1.807, 2.05) is 79.7 Å². The van der Waals surface area contributed by atoms with Crippen LogP contribution in [0.5, 0.6) is 0 Å². The molecule has 5 aromatic rings. The van der Waals surface area contributed by atoms with Gasteiger partial charge in [0.05, 0.1) is 13.1 Å². The molecule has 0 fully saturated rings. The third kappa shape index (κ3) is 5.48. The summed E-state index contributed by atoms with van der Waals surface area (Å²) in [5, 5.41) is 14.1. The minimum atomic E-state index is -0.102. The Hall–Kier alpha value is -3.81. The van der Waals surface area contributed by atoms with Gasteiger partial charge in [-0.1, -0.05) is 71.8 Å². The van der Waals surface area contributed by atoms with E-state index in [1.54, 1.807) is 4.68 Å². The molecule has 0 aliphatic rings. The van der Waals surface area contributed by atoms with Gasteiger partial charge in [-0.2, -0.15) is 0 Å². The quantitative estimate of drug-likeness (QED) is 0.344. The van der Waals surface area contributed by atoms with Crippen LogP contribution in [-0.4, -0.2) is 30.1 Å². The first-order valence-corrected chi connectivity index (χ1v) is 11.8. The zero-order valence-electron chi connectivity index (χ0n) is 19.4. The standard InChI is InChI=1S/C27H25ClN6O/c1-19-11-12-25-22(13-19)14-23(27(35)29-25)17-33(16-21-9-5-6-10-24(21)28)18-26-30-31-32-34(26)15-20-7-3-2-4-8-20/h2-14H,15-18H2,1H3,(H,29,35). The summed E-state index contributed by atoms with van der Waals surface area (Å²) in [4.78, 5) is 18.1. The second kappa shape index (κ2) is 10.2. The van der Waals surface area contributed by atoms with E-state index in [1.165, 1.54) is 0 Å². The third-order valence-corrected chi connectivity index (χ3v) is 6.34. The lowest BCUT2D eigenvalue weighted by molar-refractivity contribution is 0.236. The highest BCUT2D eigenvalue weighted by atomic mass is 35.5. The van der Waals surface area contributed by atoms with Crippen LogP contribution in [0, 0.1) is 6.92 Å². The normalized spacial score (nSPS) is 11.4. The number of pyridine rings is 1. The lowest BCUT2D eigenvalue weighted by atomic mass is 10.1. The van der Waals surface area contributed by atoms with Gasteiger partial charge in [-0.3, -0.25) is 9.69 Å². The van der Waals surface area contributed by atoms with E-state index in [0.29, 0.717) is 42.6 Å². The van der Waals surface area contributed by atoms with Crippen molar-refractivity contribution in [3.05, 3.63) is 122 Å². The number of aromatic amines is 1. The number of rotatable bonds is 8. The summed E-state index contributed by atoms with van der Waals surface area (Å²) in [7, 11) is 0. The monoisotopic (exact) mass is 484 g/mol.